The fourth-order valence-corrected chi connectivity index (χ4v) is 3.90. The number of rotatable bonds is 7. The predicted molar refractivity (Wildman–Crippen MR) is 75.7 cm³/mol. The molecule has 1 aromatic rings. The van der Waals surface area contributed by atoms with Crippen LogP contribution in [0.2, 0.25) is 0 Å². The quantitative estimate of drug-likeness (QED) is 0.309. The molecule has 0 fully saturated rings. The summed E-state index contributed by atoms with van der Waals surface area (Å²) in [5.41, 5.74) is -0.270. The summed E-state index contributed by atoms with van der Waals surface area (Å²) in [6.45, 7) is 3.12. The van der Waals surface area contributed by atoms with Gasteiger partial charge in [0.15, 0.2) is 0 Å². The molecule has 1 atom stereocenters. The summed E-state index contributed by atoms with van der Waals surface area (Å²) in [5.74, 6) is 0. The van der Waals surface area contributed by atoms with Crippen LogP contribution in [0, 0.1) is 10.1 Å². The zero-order valence-electron chi connectivity index (χ0n) is 10.9. The molecule has 1 rings (SSSR count). The number of nitrogens with zero attached hydrogens (tertiary/aromatic N) is 1. The average molecular weight is 370 g/mol. The molecule has 112 valence electrons. The molecule has 0 N–H and O–H groups in total. The molecule has 0 aliphatic carbocycles. The molecule has 0 amide bonds. The largest absolute Gasteiger partial charge is 0.383 e. The first-order chi connectivity index (χ1) is 9.28. The molecular formula is C11H14BrFNO5P. The molecule has 0 saturated heterocycles. The molecule has 0 radical (unpaired) electrons. The summed E-state index contributed by atoms with van der Waals surface area (Å²) in [6.07, 6.45) is 0. The normalized spacial score (nSPS) is 14.8. The van der Waals surface area contributed by atoms with Crippen LogP contribution in [0.1, 0.15) is 19.4 Å². The third-order valence-corrected chi connectivity index (χ3v) is 6.27. The third kappa shape index (κ3) is 3.44. The molecule has 0 aliphatic heterocycles. The molecule has 1 aromatic carbocycles. The molecule has 6 nitrogen and oxygen atoms in total. The maximum atomic E-state index is 14.8. The second-order valence-electron chi connectivity index (χ2n) is 3.68. The molecule has 0 aliphatic rings. The fraction of sp³-hybridized carbons (Fsp3) is 0.455. The van der Waals surface area contributed by atoms with Crippen molar-refractivity contribution in [1.29, 1.82) is 0 Å². The molecular weight excluding hydrogens is 356 g/mol. The standard InChI is InChI=1S/C11H14BrFNO5P/c1-3-18-20(17,19-4-2)11(12,13)9-5-7-10(8-6-9)14(15)16/h5-8H,3-4H2,1-2H3. The van der Waals surface area contributed by atoms with Crippen LogP contribution >= 0.6 is 23.5 Å². The maximum absolute atomic E-state index is 14.8. The molecule has 9 heteroatoms. The maximum Gasteiger partial charge on any atom is 0.383 e. The molecule has 20 heavy (non-hydrogen) atoms. The van der Waals surface area contributed by atoms with E-state index in [1.54, 1.807) is 13.8 Å². The summed E-state index contributed by atoms with van der Waals surface area (Å²) in [6, 6.07) is 4.56. The van der Waals surface area contributed by atoms with Crippen LogP contribution in [-0.4, -0.2) is 18.1 Å². The van der Waals surface area contributed by atoms with Crippen LogP contribution < -0.4 is 0 Å². The Morgan fingerprint density at radius 2 is 1.75 bits per heavy atom. The first-order valence-corrected chi connectivity index (χ1v) is 8.14. The van der Waals surface area contributed by atoms with Gasteiger partial charge in [0.1, 0.15) is 0 Å². The van der Waals surface area contributed by atoms with E-state index in [1.165, 1.54) is 0 Å². The van der Waals surface area contributed by atoms with E-state index in [2.05, 4.69) is 15.9 Å². The Balaban J connectivity index is 3.18. The number of hydrogen-bond donors (Lipinski definition) is 0. The Morgan fingerprint density at radius 1 is 1.30 bits per heavy atom. The minimum Gasteiger partial charge on any atom is -0.306 e. The minimum absolute atomic E-state index is 0.00152. The van der Waals surface area contributed by atoms with Crippen LogP contribution in [0.5, 0.6) is 0 Å². The van der Waals surface area contributed by atoms with Crippen molar-refractivity contribution in [3.8, 4) is 0 Å². The van der Waals surface area contributed by atoms with Crippen molar-refractivity contribution in [3.63, 3.8) is 0 Å². The summed E-state index contributed by atoms with van der Waals surface area (Å²) in [5, 5.41) is 10.6. The van der Waals surface area contributed by atoms with Gasteiger partial charge in [0.25, 0.3) is 10.0 Å². The highest BCUT2D eigenvalue weighted by Crippen LogP contribution is 2.69. The number of halogens is 2. The second kappa shape index (κ2) is 6.76. The molecule has 0 saturated carbocycles. The first kappa shape index (κ1) is 17.2. The van der Waals surface area contributed by atoms with Gasteiger partial charge >= 0.3 is 7.60 Å². The summed E-state index contributed by atoms with van der Waals surface area (Å²) in [4.78, 5) is 9.95. The van der Waals surface area contributed by atoms with Gasteiger partial charge in [0, 0.05) is 17.7 Å². The number of nitro groups is 1. The van der Waals surface area contributed by atoms with E-state index in [9.17, 15) is 19.1 Å². The van der Waals surface area contributed by atoms with Crippen LogP contribution in [0.4, 0.5) is 10.1 Å². The number of benzene rings is 1. The number of hydrogen-bond acceptors (Lipinski definition) is 5. The lowest BCUT2D eigenvalue weighted by Crippen LogP contribution is -2.16. The van der Waals surface area contributed by atoms with Crippen molar-refractivity contribution in [2.24, 2.45) is 0 Å². The van der Waals surface area contributed by atoms with Crippen molar-refractivity contribution >= 4 is 29.2 Å². The van der Waals surface area contributed by atoms with E-state index in [1.807, 2.05) is 0 Å². The molecule has 0 spiro atoms. The Kier molecular flexibility index (Phi) is 5.82. The van der Waals surface area contributed by atoms with Crippen molar-refractivity contribution in [2.75, 3.05) is 13.2 Å². The predicted octanol–water partition coefficient (Wildman–Crippen LogP) is 4.34. The molecule has 0 heterocycles. The van der Waals surface area contributed by atoms with Gasteiger partial charge in [-0.15, -0.1) is 0 Å². The van der Waals surface area contributed by atoms with Gasteiger partial charge in [0.05, 0.1) is 18.1 Å². The van der Waals surface area contributed by atoms with Crippen LogP contribution in [0.3, 0.4) is 0 Å². The van der Waals surface area contributed by atoms with E-state index >= 15 is 0 Å². The van der Waals surface area contributed by atoms with Crippen molar-refractivity contribution in [2.45, 2.75) is 18.2 Å². The van der Waals surface area contributed by atoms with Gasteiger partial charge in [-0.2, -0.15) is 0 Å². The van der Waals surface area contributed by atoms with E-state index in [0.717, 1.165) is 24.3 Å². The van der Waals surface area contributed by atoms with E-state index in [0.29, 0.717) is 0 Å². The van der Waals surface area contributed by atoms with E-state index in [-0.39, 0.29) is 24.5 Å². The SMILES string of the molecule is CCOP(=O)(OCC)C(F)(Br)c1ccc([N+](=O)[O-])cc1. The van der Waals surface area contributed by atoms with Crippen LogP contribution in [0.15, 0.2) is 24.3 Å². The van der Waals surface area contributed by atoms with Gasteiger partial charge in [-0.3, -0.25) is 14.7 Å². The van der Waals surface area contributed by atoms with E-state index < -0.39 is 16.8 Å². The lowest BCUT2D eigenvalue weighted by Gasteiger charge is -2.27. The fourth-order valence-electron chi connectivity index (χ4n) is 1.48. The Hall–Kier alpha value is -0.820. The summed E-state index contributed by atoms with van der Waals surface area (Å²) >= 11 is 2.73. The van der Waals surface area contributed by atoms with Crippen molar-refractivity contribution in [1.82, 2.24) is 0 Å². The van der Waals surface area contributed by atoms with E-state index in [4.69, 9.17) is 9.05 Å². The molecule has 0 aromatic heterocycles. The lowest BCUT2D eigenvalue weighted by molar-refractivity contribution is -0.384. The smallest absolute Gasteiger partial charge is 0.306 e. The Bertz CT molecular complexity index is 512. The highest BCUT2D eigenvalue weighted by Gasteiger charge is 2.51. The van der Waals surface area contributed by atoms with Crippen LogP contribution in [0.25, 0.3) is 0 Å². The number of non-ortho nitro benzene ring substituents is 1. The lowest BCUT2D eigenvalue weighted by atomic mass is 10.2. The highest BCUT2D eigenvalue weighted by atomic mass is 79.9. The van der Waals surface area contributed by atoms with Gasteiger partial charge in [-0.25, -0.2) is 4.39 Å². The molecule has 1 unspecified atom stereocenters. The topological polar surface area (TPSA) is 78.7 Å². The van der Waals surface area contributed by atoms with Gasteiger partial charge < -0.3 is 9.05 Å². The van der Waals surface area contributed by atoms with Gasteiger partial charge in [-0.05, 0) is 41.9 Å². The van der Waals surface area contributed by atoms with Gasteiger partial charge in [0.2, 0.25) is 0 Å². The first-order valence-electron chi connectivity index (χ1n) is 5.80. The number of alkyl halides is 2. The minimum atomic E-state index is -4.10. The second-order valence-corrected chi connectivity index (χ2v) is 7.51. The Morgan fingerprint density at radius 3 is 2.10 bits per heavy atom. The van der Waals surface area contributed by atoms with Crippen molar-refractivity contribution < 1.29 is 22.9 Å². The average Bonchev–Trinajstić information content (AvgIpc) is 2.39. The Labute approximate surface area is 124 Å². The monoisotopic (exact) mass is 369 g/mol. The summed E-state index contributed by atoms with van der Waals surface area (Å²) in [7, 11) is -4.10. The zero-order valence-corrected chi connectivity index (χ0v) is 13.4. The highest BCUT2D eigenvalue weighted by molar-refractivity contribution is 9.10. The van der Waals surface area contributed by atoms with Gasteiger partial charge in [-0.1, -0.05) is 0 Å². The third-order valence-electron chi connectivity index (χ3n) is 2.37. The number of nitro benzene ring substituents is 1. The zero-order chi connectivity index (χ0) is 15.4. The summed E-state index contributed by atoms with van der Waals surface area (Å²) < 4.78 is 34.6. The van der Waals surface area contributed by atoms with Crippen LogP contribution in [-0.2, 0) is 17.9 Å². The van der Waals surface area contributed by atoms with Crippen molar-refractivity contribution in [3.05, 3.63) is 39.9 Å². The molecule has 0 bridgehead atoms.